The maximum Gasteiger partial charge on any atom is 0.256 e. The fourth-order valence-corrected chi connectivity index (χ4v) is 2.94. The number of amides is 1. The Morgan fingerprint density at radius 2 is 2.22 bits per heavy atom. The minimum absolute atomic E-state index is 0.160. The van der Waals surface area contributed by atoms with Crippen LogP contribution in [0.25, 0.3) is 0 Å². The van der Waals surface area contributed by atoms with E-state index in [2.05, 4.69) is 36.4 Å². The van der Waals surface area contributed by atoms with Crippen molar-refractivity contribution in [2.75, 3.05) is 6.54 Å². The molecule has 140 valence electrons. The first-order chi connectivity index (χ1) is 13.0. The molecular formula is C19H18BrFN4O2. The van der Waals surface area contributed by atoms with Gasteiger partial charge >= 0.3 is 0 Å². The lowest BCUT2D eigenvalue weighted by atomic mass is 10.1. The molecule has 0 unspecified atom stereocenters. The van der Waals surface area contributed by atoms with Gasteiger partial charge in [0, 0.05) is 18.4 Å². The van der Waals surface area contributed by atoms with Crippen molar-refractivity contribution in [3.8, 4) is 11.6 Å². The largest absolute Gasteiger partial charge is 0.437 e. The Bertz CT molecular complexity index is 945. The third kappa shape index (κ3) is 4.91. The first-order valence-electron chi connectivity index (χ1n) is 8.39. The third-order valence-electron chi connectivity index (χ3n) is 3.96. The normalized spacial score (nSPS) is 10.6. The van der Waals surface area contributed by atoms with E-state index in [1.54, 1.807) is 18.3 Å². The van der Waals surface area contributed by atoms with E-state index in [4.69, 9.17) is 4.74 Å². The van der Waals surface area contributed by atoms with Gasteiger partial charge in [-0.1, -0.05) is 0 Å². The summed E-state index contributed by atoms with van der Waals surface area (Å²) in [5, 5.41) is 9.75. The van der Waals surface area contributed by atoms with E-state index in [9.17, 15) is 9.18 Å². The number of aromatic amines is 1. The molecule has 0 fully saturated rings. The number of aryl methyl sites for hydroxylation is 2. The molecule has 6 nitrogen and oxygen atoms in total. The summed E-state index contributed by atoms with van der Waals surface area (Å²) in [5.41, 5.74) is 2.48. The van der Waals surface area contributed by atoms with Crippen molar-refractivity contribution in [2.45, 2.75) is 19.8 Å². The van der Waals surface area contributed by atoms with Crippen LogP contribution in [-0.2, 0) is 6.42 Å². The van der Waals surface area contributed by atoms with Crippen LogP contribution in [0.4, 0.5) is 4.39 Å². The number of benzene rings is 1. The fraction of sp³-hybridized carbons (Fsp3) is 0.211. The molecule has 2 heterocycles. The predicted molar refractivity (Wildman–Crippen MR) is 102 cm³/mol. The predicted octanol–water partition coefficient (Wildman–Crippen LogP) is 4.17. The van der Waals surface area contributed by atoms with Gasteiger partial charge in [0.05, 0.1) is 10.7 Å². The molecule has 2 aromatic heterocycles. The summed E-state index contributed by atoms with van der Waals surface area (Å²) in [4.78, 5) is 16.6. The maximum absolute atomic E-state index is 13.2. The second-order valence-corrected chi connectivity index (χ2v) is 6.77. The molecule has 0 spiro atoms. The highest BCUT2D eigenvalue weighted by molar-refractivity contribution is 9.10. The Morgan fingerprint density at radius 3 is 2.96 bits per heavy atom. The van der Waals surface area contributed by atoms with Crippen LogP contribution in [0.3, 0.4) is 0 Å². The zero-order valence-corrected chi connectivity index (χ0v) is 16.2. The SMILES string of the molecule is Cc1[nH]ncc1CCCNC(=O)c1cccnc1Oc1ccc(F)cc1Br. The van der Waals surface area contributed by atoms with Crippen molar-refractivity contribution in [3.05, 3.63) is 69.8 Å². The van der Waals surface area contributed by atoms with Crippen LogP contribution in [0.2, 0.25) is 0 Å². The van der Waals surface area contributed by atoms with E-state index in [0.29, 0.717) is 22.3 Å². The van der Waals surface area contributed by atoms with Crippen molar-refractivity contribution in [1.82, 2.24) is 20.5 Å². The number of hydrogen-bond acceptors (Lipinski definition) is 4. The lowest BCUT2D eigenvalue weighted by Gasteiger charge is -2.11. The number of ether oxygens (including phenoxy) is 1. The number of aromatic nitrogens is 3. The van der Waals surface area contributed by atoms with E-state index < -0.39 is 0 Å². The Balaban J connectivity index is 1.62. The Labute approximate surface area is 164 Å². The number of nitrogens with one attached hydrogen (secondary N) is 2. The lowest BCUT2D eigenvalue weighted by Crippen LogP contribution is -2.25. The van der Waals surface area contributed by atoms with Crippen LogP contribution in [0.1, 0.15) is 28.0 Å². The van der Waals surface area contributed by atoms with Crippen LogP contribution < -0.4 is 10.1 Å². The summed E-state index contributed by atoms with van der Waals surface area (Å²) in [6, 6.07) is 7.34. The number of hydrogen-bond donors (Lipinski definition) is 2. The number of pyridine rings is 1. The molecule has 2 N–H and O–H groups in total. The molecule has 1 amide bonds. The first kappa shape index (κ1) is 19.0. The summed E-state index contributed by atoms with van der Waals surface area (Å²) in [5.74, 6) is -0.131. The topological polar surface area (TPSA) is 79.9 Å². The number of rotatable bonds is 7. The van der Waals surface area contributed by atoms with Gasteiger partial charge in [-0.15, -0.1) is 0 Å². The van der Waals surface area contributed by atoms with Gasteiger partial charge < -0.3 is 10.1 Å². The summed E-state index contributed by atoms with van der Waals surface area (Å²) >= 11 is 3.24. The minimum atomic E-state index is -0.388. The smallest absolute Gasteiger partial charge is 0.256 e. The lowest BCUT2D eigenvalue weighted by molar-refractivity contribution is 0.0950. The molecule has 8 heteroatoms. The second-order valence-electron chi connectivity index (χ2n) is 5.91. The highest BCUT2D eigenvalue weighted by atomic mass is 79.9. The van der Waals surface area contributed by atoms with E-state index >= 15 is 0 Å². The van der Waals surface area contributed by atoms with Crippen molar-refractivity contribution in [3.63, 3.8) is 0 Å². The van der Waals surface area contributed by atoms with E-state index in [0.717, 1.165) is 24.1 Å². The molecule has 27 heavy (non-hydrogen) atoms. The van der Waals surface area contributed by atoms with Crippen LogP contribution in [0, 0.1) is 12.7 Å². The maximum atomic E-state index is 13.2. The second kappa shape index (κ2) is 8.77. The summed E-state index contributed by atoms with van der Waals surface area (Å²) in [6.07, 6.45) is 4.93. The minimum Gasteiger partial charge on any atom is -0.437 e. The average Bonchev–Trinajstić information content (AvgIpc) is 3.06. The number of H-pyrrole nitrogens is 1. The number of carbonyl (C=O) groups excluding carboxylic acids is 1. The van der Waals surface area contributed by atoms with Gasteiger partial charge in [-0.3, -0.25) is 9.89 Å². The fourth-order valence-electron chi connectivity index (χ4n) is 2.51. The standard InChI is InChI=1S/C19H18BrFN4O2/c1-12-13(11-24-25-12)4-2-8-22-18(26)15-5-3-9-23-19(15)27-17-7-6-14(21)10-16(17)20/h3,5-7,9-11H,2,4,8H2,1H3,(H,22,26)(H,24,25). The number of carbonyl (C=O) groups is 1. The molecule has 3 aromatic rings. The van der Waals surface area contributed by atoms with E-state index in [1.807, 2.05) is 6.92 Å². The molecule has 3 rings (SSSR count). The molecule has 0 atom stereocenters. The molecule has 0 aliphatic rings. The van der Waals surface area contributed by atoms with Crippen LogP contribution >= 0.6 is 15.9 Å². The third-order valence-corrected chi connectivity index (χ3v) is 4.58. The Hall–Kier alpha value is -2.74. The monoisotopic (exact) mass is 432 g/mol. The van der Waals surface area contributed by atoms with Crippen molar-refractivity contribution in [2.24, 2.45) is 0 Å². The summed E-state index contributed by atoms with van der Waals surface area (Å²) in [7, 11) is 0. The molecule has 0 aliphatic carbocycles. The molecule has 1 aromatic carbocycles. The Morgan fingerprint density at radius 1 is 1.37 bits per heavy atom. The molecule has 0 saturated carbocycles. The van der Waals surface area contributed by atoms with Gasteiger partial charge in [-0.05, 0) is 71.6 Å². The molecule has 0 bridgehead atoms. The quantitative estimate of drug-likeness (QED) is 0.549. The van der Waals surface area contributed by atoms with Gasteiger partial charge in [0.25, 0.3) is 5.91 Å². The average molecular weight is 433 g/mol. The number of halogens is 2. The van der Waals surface area contributed by atoms with Gasteiger partial charge in [-0.25, -0.2) is 9.37 Å². The zero-order valence-electron chi connectivity index (χ0n) is 14.6. The van der Waals surface area contributed by atoms with Crippen LogP contribution in [0.5, 0.6) is 11.6 Å². The van der Waals surface area contributed by atoms with Crippen molar-refractivity contribution >= 4 is 21.8 Å². The first-order valence-corrected chi connectivity index (χ1v) is 9.19. The highest BCUT2D eigenvalue weighted by Crippen LogP contribution is 2.30. The molecular weight excluding hydrogens is 415 g/mol. The Kier molecular flexibility index (Phi) is 6.18. The molecule has 0 saturated heterocycles. The molecule has 0 radical (unpaired) electrons. The van der Waals surface area contributed by atoms with E-state index in [1.165, 1.54) is 24.4 Å². The van der Waals surface area contributed by atoms with Crippen molar-refractivity contribution < 1.29 is 13.9 Å². The number of nitrogens with zero attached hydrogens (tertiary/aromatic N) is 2. The van der Waals surface area contributed by atoms with Crippen molar-refractivity contribution in [1.29, 1.82) is 0 Å². The summed E-state index contributed by atoms with van der Waals surface area (Å²) in [6.45, 7) is 2.48. The van der Waals surface area contributed by atoms with Gasteiger partial charge in [0.2, 0.25) is 5.88 Å². The van der Waals surface area contributed by atoms with Crippen LogP contribution in [0.15, 0.2) is 47.2 Å². The van der Waals surface area contributed by atoms with Crippen LogP contribution in [-0.4, -0.2) is 27.6 Å². The van der Waals surface area contributed by atoms with Gasteiger partial charge in [0.1, 0.15) is 17.1 Å². The molecule has 0 aliphatic heterocycles. The van der Waals surface area contributed by atoms with Gasteiger partial charge in [0.15, 0.2) is 0 Å². The van der Waals surface area contributed by atoms with Gasteiger partial charge in [-0.2, -0.15) is 5.10 Å². The highest BCUT2D eigenvalue weighted by Gasteiger charge is 2.15. The zero-order chi connectivity index (χ0) is 19.2. The summed E-state index contributed by atoms with van der Waals surface area (Å²) < 4.78 is 19.4. The van der Waals surface area contributed by atoms with E-state index in [-0.39, 0.29) is 17.6 Å².